The Labute approximate surface area is 222 Å². The number of halogens is 2. The zero-order chi connectivity index (χ0) is 26.5. The second-order valence-electron chi connectivity index (χ2n) is 6.93. The molecule has 1 N–H and O–H groups in total. The molecular formula is C23H15Br2N3O7S. The van der Waals surface area contributed by atoms with Gasteiger partial charge in [-0.2, -0.15) is 13.7 Å². The summed E-state index contributed by atoms with van der Waals surface area (Å²) in [5, 5.41) is 23.1. The van der Waals surface area contributed by atoms with E-state index in [-0.39, 0.29) is 21.5 Å². The number of nitro groups is 1. The van der Waals surface area contributed by atoms with Crippen molar-refractivity contribution in [3.63, 3.8) is 0 Å². The monoisotopic (exact) mass is 635 g/mol. The molecule has 0 bridgehead atoms. The molecule has 0 heterocycles. The number of ether oxygens (including phenoxy) is 1. The summed E-state index contributed by atoms with van der Waals surface area (Å²) in [6.07, 6.45) is 1.29. The van der Waals surface area contributed by atoms with Crippen LogP contribution in [0.2, 0.25) is 0 Å². The van der Waals surface area contributed by atoms with Crippen LogP contribution in [-0.4, -0.2) is 26.4 Å². The Morgan fingerprint density at radius 2 is 1.83 bits per heavy atom. The predicted molar refractivity (Wildman–Crippen MR) is 138 cm³/mol. The molecule has 10 nitrogen and oxygen atoms in total. The molecular weight excluding hydrogens is 622 g/mol. The first-order valence-corrected chi connectivity index (χ1v) is 12.8. The first kappa shape index (κ1) is 26.9. The molecule has 0 aliphatic rings. The van der Waals surface area contributed by atoms with Crippen molar-refractivity contribution < 1.29 is 27.1 Å². The van der Waals surface area contributed by atoms with Crippen LogP contribution in [0.5, 0.6) is 11.5 Å². The Morgan fingerprint density at radius 3 is 2.47 bits per heavy atom. The summed E-state index contributed by atoms with van der Waals surface area (Å²) in [5.74, 6) is -0.918. The molecule has 0 atom stereocenters. The van der Waals surface area contributed by atoms with Crippen LogP contribution in [0, 0.1) is 21.4 Å². The molecule has 13 heteroatoms. The molecule has 184 valence electrons. The van der Waals surface area contributed by atoms with E-state index in [4.69, 9.17) is 8.92 Å². The van der Waals surface area contributed by atoms with Gasteiger partial charge in [0.25, 0.3) is 11.6 Å². The van der Waals surface area contributed by atoms with Gasteiger partial charge in [0, 0.05) is 16.6 Å². The number of rotatable bonds is 8. The highest BCUT2D eigenvalue weighted by molar-refractivity contribution is 9.11. The van der Waals surface area contributed by atoms with Gasteiger partial charge in [-0.1, -0.05) is 18.2 Å². The van der Waals surface area contributed by atoms with Gasteiger partial charge in [-0.15, -0.1) is 0 Å². The number of nitriles is 1. The Kier molecular flexibility index (Phi) is 8.46. The summed E-state index contributed by atoms with van der Waals surface area (Å²) in [7, 11) is -3.20. The number of nitrogens with one attached hydrogen (secondary N) is 1. The van der Waals surface area contributed by atoms with Crippen LogP contribution < -0.4 is 14.2 Å². The van der Waals surface area contributed by atoms with E-state index in [1.807, 2.05) is 6.07 Å². The van der Waals surface area contributed by atoms with E-state index < -0.39 is 31.5 Å². The lowest BCUT2D eigenvalue weighted by Gasteiger charge is -2.13. The Hall–Kier alpha value is -3.73. The number of carbonyl (C=O) groups is 1. The van der Waals surface area contributed by atoms with Crippen molar-refractivity contribution >= 4 is 65.3 Å². The van der Waals surface area contributed by atoms with Crippen molar-refractivity contribution in [1.82, 2.24) is 0 Å². The van der Waals surface area contributed by atoms with Crippen LogP contribution in [-0.2, 0) is 14.9 Å². The predicted octanol–water partition coefficient (Wildman–Crippen LogP) is 5.44. The number of nitrogens with zero attached hydrogens (tertiary/aromatic N) is 2. The van der Waals surface area contributed by atoms with Gasteiger partial charge in [-0.3, -0.25) is 14.9 Å². The highest BCUT2D eigenvalue weighted by Crippen LogP contribution is 2.39. The summed E-state index contributed by atoms with van der Waals surface area (Å²) < 4.78 is 36.7. The molecule has 3 rings (SSSR count). The van der Waals surface area contributed by atoms with E-state index in [1.165, 1.54) is 31.4 Å². The lowest BCUT2D eigenvalue weighted by Crippen LogP contribution is -2.14. The minimum Gasteiger partial charge on any atom is -0.493 e. The molecule has 0 saturated carbocycles. The topological polar surface area (TPSA) is 149 Å². The molecule has 0 radical (unpaired) electrons. The van der Waals surface area contributed by atoms with Gasteiger partial charge in [0.2, 0.25) is 0 Å². The van der Waals surface area contributed by atoms with Crippen LogP contribution in [0.3, 0.4) is 0 Å². The molecule has 3 aromatic carbocycles. The lowest BCUT2D eigenvalue weighted by molar-refractivity contribution is -0.385. The molecule has 0 aliphatic heterocycles. The molecule has 0 unspecified atom stereocenters. The van der Waals surface area contributed by atoms with E-state index in [9.17, 15) is 28.6 Å². The standard InChI is InChI=1S/C23H15Br2N3O7S/c1-34-21-11-14(9-15(13-26)23(29)27-20-8-3-2-7-18(20)24)10-19(25)22(21)35-36(32,33)17-6-4-5-16(12-17)28(30)31/h2-12H,1H3,(H,27,29)/b15-9+. The molecule has 0 spiro atoms. The van der Waals surface area contributed by atoms with Crippen molar-refractivity contribution in [2.75, 3.05) is 12.4 Å². The fourth-order valence-corrected chi connectivity index (χ4v) is 4.91. The third-order valence-corrected chi connectivity index (χ3v) is 7.06. The smallest absolute Gasteiger partial charge is 0.339 e. The van der Waals surface area contributed by atoms with Crippen molar-refractivity contribution in [2.45, 2.75) is 4.90 Å². The van der Waals surface area contributed by atoms with Crippen LogP contribution in [0.15, 0.2) is 80.1 Å². The SMILES string of the molecule is COc1cc(/C=C(\C#N)C(=O)Nc2ccccc2Br)cc(Br)c1OS(=O)(=O)c1cccc([N+](=O)[O-])c1. The van der Waals surface area contributed by atoms with Gasteiger partial charge in [0.05, 0.1) is 22.2 Å². The highest BCUT2D eigenvalue weighted by Gasteiger charge is 2.24. The Bertz CT molecular complexity index is 1530. The third kappa shape index (κ3) is 6.28. The summed E-state index contributed by atoms with van der Waals surface area (Å²) in [6, 6.07) is 15.9. The molecule has 0 saturated heterocycles. The Balaban J connectivity index is 1.93. The third-order valence-electron chi connectivity index (χ3n) is 4.56. The van der Waals surface area contributed by atoms with Crippen molar-refractivity contribution in [3.8, 4) is 17.6 Å². The van der Waals surface area contributed by atoms with E-state index in [0.717, 1.165) is 18.2 Å². The number of hydrogen-bond donors (Lipinski definition) is 1. The quantitative estimate of drug-likeness (QED) is 0.113. The number of para-hydroxylation sites is 1. The van der Waals surface area contributed by atoms with E-state index in [0.29, 0.717) is 15.7 Å². The molecule has 36 heavy (non-hydrogen) atoms. The van der Waals surface area contributed by atoms with Gasteiger partial charge in [0.15, 0.2) is 11.5 Å². The fraction of sp³-hybridized carbons (Fsp3) is 0.0435. The number of anilines is 1. The van der Waals surface area contributed by atoms with E-state index in [2.05, 4.69) is 37.2 Å². The number of hydrogen-bond acceptors (Lipinski definition) is 8. The maximum atomic E-state index is 12.8. The van der Waals surface area contributed by atoms with Crippen LogP contribution in [0.1, 0.15) is 5.56 Å². The van der Waals surface area contributed by atoms with Gasteiger partial charge in [-0.25, -0.2) is 0 Å². The van der Waals surface area contributed by atoms with E-state index >= 15 is 0 Å². The molecule has 0 aliphatic carbocycles. The molecule has 0 fully saturated rings. The lowest BCUT2D eigenvalue weighted by atomic mass is 10.1. The van der Waals surface area contributed by atoms with Gasteiger partial charge < -0.3 is 14.2 Å². The van der Waals surface area contributed by atoms with Gasteiger partial charge in [-0.05, 0) is 73.8 Å². The maximum absolute atomic E-state index is 12.8. The maximum Gasteiger partial charge on any atom is 0.339 e. The summed E-state index contributed by atoms with van der Waals surface area (Å²) >= 11 is 6.53. The van der Waals surface area contributed by atoms with Crippen LogP contribution in [0.25, 0.3) is 6.08 Å². The molecule has 3 aromatic rings. The Morgan fingerprint density at radius 1 is 1.11 bits per heavy atom. The van der Waals surface area contributed by atoms with Crippen molar-refractivity contribution in [2.24, 2.45) is 0 Å². The van der Waals surface area contributed by atoms with E-state index in [1.54, 1.807) is 24.3 Å². The zero-order valence-corrected chi connectivity index (χ0v) is 22.3. The minimum atomic E-state index is -4.47. The van der Waals surface area contributed by atoms with Crippen LogP contribution in [0.4, 0.5) is 11.4 Å². The number of nitro benzene ring substituents is 1. The largest absolute Gasteiger partial charge is 0.493 e. The number of non-ortho nitro benzene ring substituents is 1. The summed E-state index contributed by atoms with van der Waals surface area (Å²) in [6.45, 7) is 0. The summed E-state index contributed by atoms with van der Waals surface area (Å²) in [4.78, 5) is 22.5. The first-order chi connectivity index (χ1) is 17.1. The minimum absolute atomic E-state index is 0.0341. The molecule has 0 aromatic heterocycles. The summed E-state index contributed by atoms with van der Waals surface area (Å²) in [5.41, 5.74) is 0.156. The van der Waals surface area contributed by atoms with Gasteiger partial charge in [0.1, 0.15) is 16.5 Å². The fourth-order valence-electron chi connectivity index (χ4n) is 2.88. The number of benzene rings is 3. The average Bonchev–Trinajstić information content (AvgIpc) is 2.85. The average molecular weight is 637 g/mol. The van der Waals surface area contributed by atoms with Crippen molar-refractivity contribution in [3.05, 3.63) is 90.9 Å². The number of amides is 1. The van der Waals surface area contributed by atoms with Crippen LogP contribution >= 0.6 is 31.9 Å². The number of methoxy groups -OCH3 is 1. The van der Waals surface area contributed by atoms with Crippen molar-refractivity contribution in [1.29, 1.82) is 5.26 Å². The molecule has 1 amide bonds. The van der Waals surface area contributed by atoms with Gasteiger partial charge >= 0.3 is 10.1 Å². The zero-order valence-electron chi connectivity index (χ0n) is 18.3. The normalized spacial score (nSPS) is 11.3. The highest BCUT2D eigenvalue weighted by atomic mass is 79.9. The second kappa shape index (κ2) is 11.3. The first-order valence-electron chi connectivity index (χ1n) is 9.80. The number of carbonyl (C=O) groups excluding carboxylic acids is 1. The second-order valence-corrected chi connectivity index (χ2v) is 10.2.